The third-order valence-corrected chi connectivity index (χ3v) is 7.61. The molecule has 0 saturated carbocycles. The topological polar surface area (TPSA) is 40.5 Å². The van der Waals surface area contributed by atoms with Gasteiger partial charge in [-0.3, -0.25) is 0 Å². The van der Waals surface area contributed by atoms with E-state index in [-0.39, 0.29) is 27.1 Å². The van der Waals surface area contributed by atoms with Gasteiger partial charge in [-0.2, -0.15) is 0 Å². The van der Waals surface area contributed by atoms with Crippen LogP contribution in [-0.4, -0.2) is 10.2 Å². The maximum atomic E-state index is 11.2. The van der Waals surface area contributed by atoms with Gasteiger partial charge in [-0.05, 0) is 67.9 Å². The number of benzene rings is 2. The molecule has 3 rings (SSSR count). The Labute approximate surface area is 226 Å². The lowest BCUT2D eigenvalue weighted by molar-refractivity contribution is 0.419. The van der Waals surface area contributed by atoms with Gasteiger partial charge in [-0.25, -0.2) is 0 Å². The average molecular weight is 503 g/mol. The van der Waals surface area contributed by atoms with Crippen molar-refractivity contribution in [3.05, 3.63) is 82.0 Å². The van der Waals surface area contributed by atoms with Crippen molar-refractivity contribution in [3.8, 4) is 11.5 Å². The first kappa shape index (κ1) is 29.1. The number of phenols is 2. The Hall–Kier alpha value is -2.48. The van der Waals surface area contributed by atoms with Crippen molar-refractivity contribution >= 4 is 0 Å². The normalized spacial score (nSPS) is 16.0. The fraction of sp³-hybridized carbons (Fsp3) is 0.543. The third kappa shape index (κ3) is 6.33. The first-order chi connectivity index (χ1) is 16.6. The molecule has 0 saturated heterocycles. The molecule has 0 atom stereocenters. The summed E-state index contributed by atoms with van der Waals surface area (Å²) in [5.41, 5.74) is 5.72. The highest BCUT2D eigenvalue weighted by Crippen LogP contribution is 2.44. The smallest absolute Gasteiger partial charge is 0.123 e. The molecule has 2 nitrogen and oxygen atoms in total. The average Bonchev–Trinajstić information content (AvgIpc) is 3.15. The van der Waals surface area contributed by atoms with E-state index in [1.54, 1.807) is 0 Å². The van der Waals surface area contributed by atoms with E-state index in [1.165, 1.54) is 11.1 Å². The van der Waals surface area contributed by atoms with Crippen LogP contribution in [0.1, 0.15) is 116 Å². The summed E-state index contributed by atoms with van der Waals surface area (Å²) >= 11 is 0. The molecule has 2 heteroatoms. The number of phenolic OH excluding ortho intramolecular Hbond substituents is 2. The van der Waals surface area contributed by atoms with Crippen LogP contribution in [0.15, 0.2) is 48.6 Å². The van der Waals surface area contributed by atoms with Crippen LogP contribution in [0.2, 0.25) is 0 Å². The molecular formula is C35H50O2. The highest BCUT2D eigenvalue weighted by molar-refractivity contribution is 5.52. The maximum Gasteiger partial charge on any atom is 0.123 e. The summed E-state index contributed by atoms with van der Waals surface area (Å²) in [7, 11) is 0. The van der Waals surface area contributed by atoms with E-state index < -0.39 is 0 Å². The lowest BCUT2D eigenvalue weighted by Gasteiger charge is -2.32. The molecule has 2 aromatic carbocycles. The Kier molecular flexibility index (Phi) is 7.36. The standard InChI is InChI=1S/C35H50O2/c1-31(2,3)25-17-23(18-26(29(25)36)32(4,5)6)21-35(15-13-14-16-35)22-24-19-27(33(7,8)9)30(37)28(20-24)34(10,11)12/h13-20,36-37H,21-22H2,1-12H3. The molecule has 2 N–H and O–H groups in total. The fourth-order valence-electron chi connectivity index (χ4n) is 5.49. The van der Waals surface area contributed by atoms with Crippen molar-refractivity contribution in [2.24, 2.45) is 5.41 Å². The monoisotopic (exact) mass is 502 g/mol. The van der Waals surface area contributed by atoms with Crippen molar-refractivity contribution in [1.29, 1.82) is 0 Å². The minimum Gasteiger partial charge on any atom is -0.507 e. The number of rotatable bonds is 4. The Morgan fingerprint density at radius 1 is 0.486 bits per heavy atom. The van der Waals surface area contributed by atoms with Gasteiger partial charge in [0.05, 0.1) is 0 Å². The van der Waals surface area contributed by atoms with Gasteiger partial charge >= 0.3 is 0 Å². The molecule has 0 spiro atoms. The molecular weight excluding hydrogens is 452 g/mol. The van der Waals surface area contributed by atoms with Crippen molar-refractivity contribution in [2.75, 3.05) is 0 Å². The van der Waals surface area contributed by atoms with E-state index in [0.29, 0.717) is 11.5 Å². The number of allylic oxidation sites excluding steroid dienone is 4. The molecule has 37 heavy (non-hydrogen) atoms. The number of hydrogen-bond acceptors (Lipinski definition) is 2. The molecule has 0 aromatic heterocycles. The van der Waals surface area contributed by atoms with E-state index in [0.717, 1.165) is 35.1 Å². The van der Waals surface area contributed by atoms with Crippen molar-refractivity contribution < 1.29 is 10.2 Å². The van der Waals surface area contributed by atoms with Crippen LogP contribution >= 0.6 is 0 Å². The van der Waals surface area contributed by atoms with E-state index in [4.69, 9.17) is 0 Å². The minimum absolute atomic E-state index is 0.158. The molecule has 2 aromatic rings. The molecule has 0 radical (unpaired) electrons. The summed E-state index contributed by atoms with van der Waals surface area (Å²) in [6.45, 7) is 26.0. The molecule has 0 aliphatic heterocycles. The highest BCUT2D eigenvalue weighted by atomic mass is 16.3. The van der Waals surface area contributed by atoms with E-state index in [9.17, 15) is 10.2 Å². The zero-order valence-corrected chi connectivity index (χ0v) is 25.4. The van der Waals surface area contributed by atoms with Crippen LogP contribution in [0.5, 0.6) is 11.5 Å². The van der Waals surface area contributed by atoms with Crippen LogP contribution in [0.4, 0.5) is 0 Å². The van der Waals surface area contributed by atoms with Crippen LogP contribution in [0.25, 0.3) is 0 Å². The molecule has 0 unspecified atom stereocenters. The number of hydrogen-bond donors (Lipinski definition) is 2. The van der Waals surface area contributed by atoms with Crippen molar-refractivity contribution in [3.63, 3.8) is 0 Å². The van der Waals surface area contributed by atoms with Crippen LogP contribution < -0.4 is 0 Å². The van der Waals surface area contributed by atoms with E-state index in [2.05, 4.69) is 132 Å². The molecule has 0 fully saturated rings. The second-order valence-corrected chi connectivity index (χ2v) is 15.4. The van der Waals surface area contributed by atoms with E-state index in [1.807, 2.05) is 0 Å². The first-order valence-corrected chi connectivity index (χ1v) is 13.7. The predicted octanol–water partition coefficient (Wildman–Crippen LogP) is 9.19. The maximum absolute atomic E-state index is 11.2. The SMILES string of the molecule is CC(C)(C)c1cc(CC2(Cc3cc(C(C)(C)C)c(O)c(C(C)(C)C)c3)C=CC=C2)cc(C(C)(C)C)c1O. The zero-order chi connectivity index (χ0) is 28.2. The van der Waals surface area contributed by atoms with Gasteiger partial charge in [-0.1, -0.05) is 132 Å². The lowest BCUT2D eigenvalue weighted by Crippen LogP contribution is -2.24. The van der Waals surface area contributed by atoms with Gasteiger partial charge in [0.1, 0.15) is 11.5 Å². The summed E-state index contributed by atoms with van der Waals surface area (Å²) in [6.07, 6.45) is 10.7. The molecule has 0 amide bonds. The number of aromatic hydroxyl groups is 2. The molecule has 0 heterocycles. The fourth-order valence-corrected chi connectivity index (χ4v) is 5.49. The Morgan fingerprint density at radius 3 is 0.946 bits per heavy atom. The summed E-state index contributed by atoms with van der Waals surface area (Å²) < 4.78 is 0. The van der Waals surface area contributed by atoms with Gasteiger partial charge in [0.25, 0.3) is 0 Å². The quantitative estimate of drug-likeness (QED) is 0.437. The second kappa shape index (κ2) is 9.37. The van der Waals surface area contributed by atoms with Crippen molar-refractivity contribution in [2.45, 2.75) is 118 Å². The Morgan fingerprint density at radius 2 is 0.730 bits per heavy atom. The summed E-state index contributed by atoms with van der Waals surface area (Å²) in [6, 6.07) is 8.85. The summed E-state index contributed by atoms with van der Waals surface area (Å²) in [5.74, 6) is 0.858. The Balaban J connectivity index is 2.14. The highest BCUT2D eigenvalue weighted by Gasteiger charge is 2.33. The van der Waals surface area contributed by atoms with Crippen LogP contribution in [0, 0.1) is 5.41 Å². The first-order valence-electron chi connectivity index (χ1n) is 13.7. The summed E-state index contributed by atoms with van der Waals surface area (Å²) in [5, 5.41) is 22.5. The summed E-state index contributed by atoms with van der Waals surface area (Å²) in [4.78, 5) is 0. The van der Waals surface area contributed by atoms with Gasteiger partial charge in [0.2, 0.25) is 0 Å². The van der Waals surface area contributed by atoms with Crippen LogP contribution in [0.3, 0.4) is 0 Å². The van der Waals surface area contributed by atoms with Gasteiger partial charge < -0.3 is 10.2 Å². The third-order valence-electron chi connectivity index (χ3n) is 7.61. The molecule has 0 bridgehead atoms. The van der Waals surface area contributed by atoms with E-state index >= 15 is 0 Å². The predicted molar refractivity (Wildman–Crippen MR) is 159 cm³/mol. The Bertz CT molecular complexity index is 1040. The molecule has 1 aliphatic rings. The minimum atomic E-state index is -0.164. The zero-order valence-electron chi connectivity index (χ0n) is 25.4. The second-order valence-electron chi connectivity index (χ2n) is 15.4. The lowest BCUT2D eigenvalue weighted by atomic mass is 9.72. The molecule has 1 aliphatic carbocycles. The van der Waals surface area contributed by atoms with Crippen molar-refractivity contribution in [1.82, 2.24) is 0 Å². The molecule has 202 valence electrons. The van der Waals surface area contributed by atoms with Crippen LogP contribution in [-0.2, 0) is 34.5 Å². The van der Waals surface area contributed by atoms with Gasteiger partial charge in [0, 0.05) is 5.41 Å². The van der Waals surface area contributed by atoms with Gasteiger partial charge in [-0.15, -0.1) is 0 Å². The largest absolute Gasteiger partial charge is 0.507 e. The van der Waals surface area contributed by atoms with Gasteiger partial charge in [0.15, 0.2) is 0 Å².